The average Bonchev–Trinajstić information content (AvgIpc) is 3.24. The maximum absolute atomic E-state index is 12.9. The molecule has 4 aromatic rings. The SMILES string of the molecule is COc1ccc(CN(Cc2cc3cccc(C)c3[nH]c2=O)Cc2nnnn2C(C)(C)C)cc1. The van der Waals surface area contributed by atoms with E-state index < -0.39 is 0 Å². The molecule has 1 N–H and O–H groups in total. The summed E-state index contributed by atoms with van der Waals surface area (Å²) in [5.74, 6) is 1.56. The van der Waals surface area contributed by atoms with E-state index in [2.05, 4.69) is 46.2 Å². The Bertz CT molecular complexity index is 1300. The van der Waals surface area contributed by atoms with Crippen LogP contribution in [0.15, 0.2) is 53.3 Å². The van der Waals surface area contributed by atoms with Gasteiger partial charge in [0.05, 0.1) is 24.7 Å². The third kappa shape index (κ3) is 5.12. The number of aromatic nitrogens is 5. The fourth-order valence-corrected chi connectivity index (χ4v) is 3.97. The minimum atomic E-state index is -0.247. The van der Waals surface area contributed by atoms with Crippen LogP contribution in [0.5, 0.6) is 5.75 Å². The first-order chi connectivity index (χ1) is 15.7. The van der Waals surface area contributed by atoms with Crippen LogP contribution in [0.2, 0.25) is 0 Å². The summed E-state index contributed by atoms with van der Waals surface area (Å²) in [6.45, 7) is 9.79. The first-order valence-corrected chi connectivity index (χ1v) is 11.0. The normalized spacial score (nSPS) is 11.9. The molecule has 4 rings (SSSR count). The lowest BCUT2D eigenvalue weighted by Crippen LogP contribution is -2.31. The first-order valence-electron chi connectivity index (χ1n) is 11.0. The smallest absolute Gasteiger partial charge is 0.252 e. The van der Waals surface area contributed by atoms with Crippen molar-refractivity contribution in [2.24, 2.45) is 0 Å². The van der Waals surface area contributed by atoms with Gasteiger partial charge in [0.15, 0.2) is 5.82 Å². The lowest BCUT2D eigenvalue weighted by molar-refractivity contribution is 0.223. The van der Waals surface area contributed by atoms with Crippen molar-refractivity contribution in [2.45, 2.75) is 52.9 Å². The predicted molar refractivity (Wildman–Crippen MR) is 128 cm³/mol. The molecule has 0 saturated carbocycles. The summed E-state index contributed by atoms with van der Waals surface area (Å²) in [6.07, 6.45) is 0. The molecule has 33 heavy (non-hydrogen) atoms. The summed E-state index contributed by atoms with van der Waals surface area (Å²) in [5, 5.41) is 13.4. The van der Waals surface area contributed by atoms with Crippen molar-refractivity contribution in [1.82, 2.24) is 30.1 Å². The number of para-hydroxylation sites is 1. The van der Waals surface area contributed by atoms with Gasteiger partial charge in [-0.15, -0.1) is 5.10 Å². The standard InChI is InChI=1S/C25H30N6O2/c1-17-7-6-8-19-13-20(24(32)26-23(17)19)15-30(14-18-9-11-21(33-5)12-10-18)16-22-27-28-29-31(22)25(2,3)4/h6-13H,14-16H2,1-5H3,(H,26,32). The number of hydrogen-bond donors (Lipinski definition) is 1. The van der Waals surface area contributed by atoms with Gasteiger partial charge in [-0.25, -0.2) is 4.68 Å². The van der Waals surface area contributed by atoms with Crippen LogP contribution in [0, 0.1) is 6.92 Å². The number of H-pyrrole nitrogens is 1. The largest absolute Gasteiger partial charge is 0.497 e. The van der Waals surface area contributed by atoms with Crippen LogP contribution in [0.3, 0.4) is 0 Å². The summed E-state index contributed by atoms with van der Waals surface area (Å²) in [4.78, 5) is 18.2. The highest BCUT2D eigenvalue weighted by Crippen LogP contribution is 2.20. The molecule has 0 spiro atoms. The second-order valence-electron chi connectivity index (χ2n) is 9.33. The number of fused-ring (bicyclic) bond motifs is 1. The molecule has 172 valence electrons. The molecule has 0 radical (unpaired) electrons. The predicted octanol–water partition coefficient (Wildman–Crippen LogP) is 3.79. The number of nitrogens with one attached hydrogen (secondary N) is 1. The zero-order valence-corrected chi connectivity index (χ0v) is 19.8. The lowest BCUT2D eigenvalue weighted by Gasteiger charge is -2.25. The van der Waals surface area contributed by atoms with Gasteiger partial charge in [0.25, 0.3) is 5.56 Å². The van der Waals surface area contributed by atoms with E-state index >= 15 is 0 Å². The molecule has 2 aromatic heterocycles. The third-order valence-corrected chi connectivity index (χ3v) is 5.66. The lowest BCUT2D eigenvalue weighted by atomic mass is 10.1. The molecule has 0 unspecified atom stereocenters. The molecular weight excluding hydrogens is 416 g/mol. The van der Waals surface area contributed by atoms with Crippen LogP contribution in [-0.4, -0.2) is 37.2 Å². The molecule has 0 aliphatic heterocycles. The number of nitrogens with zero attached hydrogens (tertiary/aromatic N) is 5. The van der Waals surface area contributed by atoms with Gasteiger partial charge >= 0.3 is 0 Å². The van der Waals surface area contributed by atoms with E-state index in [4.69, 9.17) is 4.74 Å². The molecule has 2 heterocycles. The number of methoxy groups -OCH3 is 1. The van der Waals surface area contributed by atoms with Crippen LogP contribution < -0.4 is 10.3 Å². The summed E-state index contributed by atoms with van der Waals surface area (Å²) in [6, 6.07) is 16.0. The minimum Gasteiger partial charge on any atom is -0.497 e. The van der Waals surface area contributed by atoms with Gasteiger partial charge in [-0.05, 0) is 72.8 Å². The highest BCUT2D eigenvalue weighted by Gasteiger charge is 2.22. The van der Waals surface area contributed by atoms with Crippen LogP contribution in [0.4, 0.5) is 0 Å². The van der Waals surface area contributed by atoms with Crippen molar-refractivity contribution in [2.75, 3.05) is 7.11 Å². The van der Waals surface area contributed by atoms with Crippen molar-refractivity contribution in [3.63, 3.8) is 0 Å². The molecule has 0 aliphatic rings. The fourth-order valence-electron chi connectivity index (χ4n) is 3.97. The number of benzene rings is 2. The van der Waals surface area contributed by atoms with E-state index in [9.17, 15) is 4.79 Å². The summed E-state index contributed by atoms with van der Waals surface area (Å²) < 4.78 is 7.12. The maximum Gasteiger partial charge on any atom is 0.252 e. The van der Waals surface area contributed by atoms with Crippen LogP contribution in [0.1, 0.15) is 43.3 Å². The van der Waals surface area contributed by atoms with Gasteiger partial charge in [0, 0.05) is 18.7 Å². The highest BCUT2D eigenvalue weighted by atomic mass is 16.5. The van der Waals surface area contributed by atoms with Crippen molar-refractivity contribution < 1.29 is 4.74 Å². The van der Waals surface area contributed by atoms with Gasteiger partial charge in [-0.3, -0.25) is 9.69 Å². The van der Waals surface area contributed by atoms with E-state index in [0.717, 1.165) is 33.6 Å². The van der Waals surface area contributed by atoms with Gasteiger partial charge in [-0.1, -0.05) is 30.3 Å². The Kier molecular flexibility index (Phi) is 6.29. The third-order valence-electron chi connectivity index (χ3n) is 5.66. The number of rotatable bonds is 7. The summed E-state index contributed by atoms with van der Waals surface area (Å²) in [7, 11) is 1.65. The number of hydrogen-bond acceptors (Lipinski definition) is 6. The van der Waals surface area contributed by atoms with Crippen molar-refractivity contribution in [3.05, 3.63) is 81.4 Å². The Morgan fingerprint density at radius 1 is 1.06 bits per heavy atom. The topological polar surface area (TPSA) is 88.9 Å². The fraction of sp³-hybridized carbons (Fsp3) is 0.360. The molecule has 2 aromatic carbocycles. The molecule has 0 aliphatic carbocycles. The number of aryl methyl sites for hydroxylation is 1. The van der Waals surface area contributed by atoms with Crippen molar-refractivity contribution in [1.29, 1.82) is 0 Å². The second kappa shape index (κ2) is 9.15. The van der Waals surface area contributed by atoms with Gasteiger partial charge in [0.1, 0.15) is 5.75 Å². The highest BCUT2D eigenvalue weighted by molar-refractivity contribution is 5.81. The molecule has 0 amide bonds. The summed E-state index contributed by atoms with van der Waals surface area (Å²) >= 11 is 0. The van der Waals surface area contributed by atoms with E-state index in [-0.39, 0.29) is 11.1 Å². The van der Waals surface area contributed by atoms with E-state index in [0.29, 0.717) is 25.2 Å². The Morgan fingerprint density at radius 2 is 1.82 bits per heavy atom. The molecule has 0 fully saturated rings. The zero-order valence-electron chi connectivity index (χ0n) is 19.8. The van der Waals surface area contributed by atoms with E-state index in [1.165, 1.54) is 0 Å². The molecule has 8 nitrogen and oxygen atoms in total. The van der Waals surface area contributed by atoms with Crippen molar-refractivity contribution in [3.8, 4) is 5.75 Å². The van der Waals surface area contributed by atoms with Crippen LogP contribution in [0.25, 0.3) is 10.9 Å². The quantitative estimate of drug-likeness (QED) is 0.465. The second-order valence-corrected chi connectivity index (χ2v) is 9.33. The van der Waals surface area contributed by atoms with Crippen LogP contribution in [-0.2, 0) is 25.2 Å². The number of ether oxygens (including phenoxy) is 1. The Morgan fingerprint density at radius 3 is 2.52 bits per heavy atom. The molecule has 8 heteroatoms. The van der Waals surface area contributed by atoms with E-state index in [1.54, 1.807) is 7.11 Å². The van der Waals surface area contributed by atoms with Gasteiger partial charge in [0.2, 0.25) is 0 Å². The summed E-state index contributed by atoms with van der Waals surface area (Å²) in [5.41, 5.74) is 3.42. The molecule has 0 bridgehead atoms. The number of tetrazole rings is 1. The first kappa shape index (κ1) is 22.7. The Labute approximate surface area is 193 Å². The molecular formula is C25H30N6O2. The van der Waals surface area contributed by atoms with Gasteiger partial charge in [-0.2, -0.15) is 0 Å². The number of pyridine rings is 1. The average molecular weight is 447 g/mol. The van der Waals surface area contributed by atoms with Gasteiger partial charge < -0.3 is 9.72 Å². The Balaban J connectivity index is 1.68. The molecule has 0 atom stereocenters. The molecule has 0 saturated heterocycles. The van der Waals surface area contributed by atoms with Crippen molar-refractivity contribution >= 4 is 10.9 Å². The van der Waals surface area contributed by atoms with E-state index in [1.807, 2.05) is 60.1 Å². The number of aromatic amines is 1. The van der Waals surface area contributed by atoms with Crippen LogP contribution >= 0.6 is 0 Å². The maximum atomic E-state index is 12.9. The Hall–Kier alpha value is -3.52. The zero-order chi connectivity index (χ0) is 23.6. The monoisotopic (exact) mass is 446 g/mol. The minimum absolute atomic E-state index is 0.0769.